The van der Waals surface area contributed by atoms with Crippen LogP contribution < -0.4 is 20.7 Å². The maximum atomic E-state index is 13.5. The van der Waals surface area contributed by atoms with Crippen molar-refractivity contribution >= 4 is 17.7 Å². The Morgan fingerprint density at radius 1 is 1.02 bits per heavy atom. The van der Waals surface area contributed by atoms with E-state index in [0.29, 0.717) is 30.8 Å². The van der Waals surface area contributed by atoms with Gasteiger partial charge in [0.2, 0.25) is 17.7 Å². The molecule has 2 aromatic rings. The number of hydrogen-bond donors (Lipinski definition) is 3. The lowest BCUT2D eigenvalue weighted by molar-refractivity contribution is -0.141. The molecule has 1 aromatic heterocycles. The third-order valence-corrected chi connectivity index (χ3v) is 7.62. The Morgan fingerprint density at radius 2 is 1.75 bits per heavy atom. The minimum Gasteiger partial charge on any atom is -0.487 e. The number of hydrogen-bond acceptors (Lipinski definition) is 6. The van der Waals surface area contributed by atoms with Crippen LogP contribution in [0.1, 0.15) is 44.9 Å². The van der Waals surface area contributed by atoms with Crippen LogP contribution in [0.2, 0.25) is 0 Å². The van der Waals surface area contributed by atoms with E-state index in [4.69, 9.17) is 4.74 Å². The first-order chi connectivity index (χ1) is 19.1. The van der Waals surface area contributed by atoms with Crippen molar-refractivity contribution in [1.29, 1.82) is 0 Å². The summed E-state index contributed by atoms with van der Waals surface area (Å²) in [6.07, 6.45) is 4.14. The van der Waals surface area contributed by atoms with E-state index < -0.39 is 24.0 Å². The van der Waals surface area contributed by atoms with Crippen LogP contribution in [0.15, 0.2) is 42.6 Å². The molecular weight excluding hydrogens is 513 g/mol. The van der Waals surface area contributed by atoms with Crippen molar-refractivity contribution < 1.29 is 23.5 Å². The van der Waals surface area contributed by atoms with Crippen molar-refractivity contribution in [2.24, 2.45) is 11.8 Å². The molecule has 9 nitrogen and oxygen atoms in total. The van der Waals surface area contributed by atoms with Gasteiger partial charge in [0.1, 0.15) is 29.8 Å². The molecule has 2 heterocycles. The molecule has 216 valence electrons. The van der Waals surface area contributed by atoms with Gasteiger partial charge in [0.15, 0.2) is 0 Å². The summed E-state index contributed by atoms with van der Waals surface area (Å²) in [4.78, 5) is 46.1. The molecule has 0 bridgehead atoms. The van der Waals surface area contributed by atoms with Gasteiger partial charge in [-0.3, -0.25) is 19.4 Å². The molecule has 1 aromatic carbocycles. The summed E-state index contributed by atoms with van der Waals surface area (Å²) in [7, 11) is 1.61. The van der Waals surface area contributed by atoms with Gasteiger partial charge in [0.05, 0.1) is 11.7 Å². The highest BCUT2D eigenvalue weighted by atomic mass is 19.1. The van der Waals surface area contributed by atoms with E-state index in [2.05, 4.69) is 20.9 Å². The molecule has 1 saturated carbocycles. The van der Waals surface area contributed by atoms with Crippen molar-refractivity contribution in [1.82, 2.24) is 25.8 Å². The highest BCUT2D eigenvalue weighted by Gasteiger charge is 2.39. The highest BCUT2D eigenvalue weighted by Crippen LogP contribution is 2.33. The molecule has 0 saturated heterocycles. The van der Waals surface area contributed by atoms with Crippen LogP contribution in [0, 0.1) is 17.7 Å². The molecule has 0 unspecified atom stereocenters. The Labute approximate surface area is 235 Å². The number of nitrogens with zero attached hydrogens (tertiary/aromatic N) is 2. The second kappa shape index (κ2) is 13.2. The molecule has 10 heteroatoms. The molecule has 1 fully saturated rings. The van der Waals surface area contributed by atoms with Gasteiger partial charge in [-0.05, 0) is 74.8 Å². The predicted molar refractivity (Wildman–Crippen MR) is 149 cm³/mol. The predicted octanol–water partition coefficient (Wildman–Crippen LogP) is 2.24. The van der Waals surface area contributed by atoms with E-state index in [0.717, 1.165) is 18.5 Å². The van der Waals surface area contributed by atoms with Crippen molar-refractivity contribution in [2.75, 3.05) is 20.1 Å². The molecule has 40 heavy (non-hydrogen) atoms. The Morgan fingerprint density at radius 3 is 2.45 bits per heavy atom. The number of carbonyl (C=O) groups is 3. The highest BCUT2D eigenvalue weighted by molar-refractivity contribution is 5.93. The SMILES string of the molecule is C[C@@H]1CNC(=O)[C@@H](Cc2ccc(F)cc2)NC(=O)[C@@H](C)N(C)C(=O)[C@H](C2CC2)NC[C@@H](C)Oc2cccnc2C1. The number of ether oxygens (including phenoxy) is 1. The van der Waals surface area contributed by atoms with Gasteiger partial charge >= 0.3 is 0 Å². The zero-order valence-corrected chi connectivity index (χ0v) is 23.7. The fourth-order valence-corrected chi connectivity index (χ4v) is 4.86. The van der Waals surface area contributed by atoms with E-state index in [1.165, 1.54) is 17.0 Å². The van der Waals surface area contributed by atoms with Crippen LogP contribution in [0.3, 0.4) is 0 Å². The van der Waals surface area contributed by atoms with Crippen LogP contribution in [0.4, 0.5) is 4.39 Å². The molecule has 2 aliphatic rings. The summed E-state index contributed by atoms with van der Waals surface area (Å²) in [5, 5.41) is 9.18. The first-order valence-corrected chi connectivity index (χ1v) is 14.1. The summed E-state index contributed by atoms with van der Waals surface area (Å²) >= 11 is 0. The molecule has 5 atom stereocenters. The fourth-order valence-electron chi connectivity index (χ4n) is 4.86. The Hall–Kier alpha value is -3.53. The van der Waals surface area contributed by atoms with Gasteiger partial charge in [0.25, 0.3) is 0 Å². The topological polar surface area (TPSA) is 113 Å². The van der Waals surface area contributed by atoms with Crippen LogP contribution in [0.25, 0.3) is 0 Å². The maximum Gasteiger partial charge on any atom is 0.243 e. The molecule has 1 aliphatic heterocycles. The number of likely N-dealkylation sites (N-methyl/N-ethyl adjacent to an activating group) is 1. The van der Waals surface area contributed by atoms with E-state index >= 15 is 0 Å². The van der Waals surface area contributed by atoms with Crippen molar-refractivity contribution in [3.05, 3.63) is 59.7 Å². The molecule has 1 aliphatic carbocycles. The van der Waals surface area contributed by atoms with E-state index in [9.17, 15) is 18.8 Å². The number of pyridine rings is 1. The summed E-state index contributed by atoms with van der Waals surface area (Å²) in [6.45, 7) is 6.43. The number of aromatic nitrogens is 1. The second-order valence-corrected chi connectivity index (χ2v) is 11.2. The number of halogens is 1. The minimum atomic E-state index is -0.901. The smallest absolute Gasteiger partial charge is 0.243 e. The van der Waals surface area contributed by atoms with Crippen LogP contribution >= 0.6 is 0 Å². The fraction of sp³-hybridized carbons (Fsp3) is 0.533. The van der Waals surface area contributed by atoms with E-state index in [-0.39, 0.29) is 42.0 Å². The number of rotatable bonds is 3. The largest absolute Gasteiger partial charge is 0.487 e. The molecule has 0 radical (unpaired) electrons. The molecular formula is C30H40FN5O4. The van der Waals surface area contributed by atoms with Gasteiger partial charge < -0.3 is 25.6 Å². The number of carbonyl (C=O) groups excluding carboxylic acids is 3. The lowest BCUT2D eigenvalue weighted by Crippen LogP contribution is -2.57. The Balaban J connectivity index is 1.59. The summed E-state index contributed by atoms with van der Waals surface area (Å²) in [6, 6.07) is 7.41. The standard InChI is InChI=1S/C30H40FN5O4/c1-18-14-24-26(6-5-13-32-24)40-19(2)17-33-27(22-9-10-22)30(39)36(4)20(3)28(37)35-25(29(38)34-16-18)15-21-7-11-23(31)12-8-21/h5-8,11-13,18-20,22,25,27,33H,9-10,14-17H2,1-4H3,(H,34,38)(H,35,37)/t18-,19+,20+,25+,27-/m0/s1. The lowest BCUT2D eigenvalue weighted by Gasteiger charge is -2.31. The normalized spacial score (nSPS) is 27.5. The Kier molecular flexibility index (Phi) is 9.73. The lowest BCUT2D eigenvalue weighted by atomic mass is 10.0. The van der Waals surface area contributed by atoms with Gasteiger partial charge in [-0.1, -0.05) is 19.1 Å². The van der Waals surface area contributed by atoms with Crippen molar-refractivity contribution in [3.8, 4) is 5.75 Å². The zero-order valence-electron chi connectivity index (χ0n) is 23.7. The summed E-state index contributed by atoms with van der Waals surface area (Å²) < 4.78 is 19.7. The minimum absolute atomic E-state index is 0.0395. The second-order valence-electron chi connectivity index (χ2n) is 11.2. The number of amides is 3. The number of fused-ring (bicyclic) bond motifs is 1. The summed E-state index contributed by atoms with van der Waals surface area (Å²) in [5.41, 5.74) is 1.49. The van der Waals surface area contributed by atoms with Gasteiger partial charge in [-0.25, -0.2) is 4.39 Å². The average molecular weight is 554 g/mol. The van der Waals surface area contributed by atoms with E-state index in [1.807, 2.05) is 26.0 Å². The first-order valence-electron chi connectivity index (χ1n) is 14.1. The monoisotopic (exact) mass is 553 g/mol. The zero-order chi connectivity index (χ0) is 28.8. The average Bonchev–Trinajstić information content (AvgIpc) is 3.77. The van der Waals surface area contributed by atoms with E-state index in [1.54, 1.807) is 32.3 Å². The molecule has 3 amide bonds. The first kappa shape index (κ1) is 29.5. The molecule has 3 N–H and O–H groups in total. The van der Waals surface area contributed by atoms with Crippen LogP contribution in [-0.2, 0) is 27.2 Å². The van der Waals surface area contributed by atoms with Crippen molar-refractivity contribution in [2.45, 2.75) is 70.7 Å². The number of benzene rings is 1. The Bertz CT molecular complexity index is 1190. The van der Waals surface area contributed by atoms with Crippen molar-refractivity contribution in [3.63, 3.8) is 0 Å². The molecule has 0 spiro atoms. The number of nitrogens with one attached hydrogen (secondary N) is 3. The quantitative estimate of drug-likeness (QED) is 0.538. The third-order valence-electron chi connectivity index (χ3n) is 7.62. The third kappa shape index (κ3) is 7.78. The van der Waals surface area contributed by atoms with Gasteiger partial charge in [-0.15, -0.1) is 0 Å². The van der Waals surface area contributed by atoms with Gasteiger partial charge in [-0.2, -0.15) is 0 Å². The molecule has 4 rings (SSSR count). The maximum absolute atomic E-state index is 13.5. The van der Waals surface area contributed by atoms with Gasteiger partial charge in [0, 0.05) is 32.8 Å². The van der Waals surface area contributed by atoms with Crippen LogP contribution in [0.5, 0.6) is 5.75 Å². The summed E-state index contributed by atoms with van der Waals surface area (Å²) in [5.74, 6) is -0.415. The van der Waals surface area contributed by atoms with Crippen LogP contribution in [-0.4, -0.2) is 72.0 Å².